The predicted octanol–water partition coefficient (Wildman–Crippen LogP) is 3.66. The topological polar surface area (TPSA) is 72.5 Å². The second kappa shape index (κ2) is 7.38. The van der Waals surface area contributed by atoms with Crippen LogP contribution in [0.1, 0.15) is 70.2 Å². The van der Waals surface area contributed by atoms with Gasteiger partial charge in [0.05, 0.1) is 5.41 Å². The molecule has 0 unspecified atom stereocenters. The second-order valence-electron chi connectivity index (χ2n) is 7.93. The number of hydrogen-bond acceptors (Lipinski definition) is 4. The van der Waals surface area contributed by atoms with Crippen LogP contribution in [0.25, 0.3) is 0 Å². The van der Waals surface area contributed by atoms with Gasteiger partial charge in [-0.2, -0.15) is 0 Å². The van der Waals surface area contributed by atoms with Crippen LogP contribution in [0.2, 0.25) is 0 Å². The number of hydrogen-bond donors (Lipinski definition) is 1. The zero-order valence-electron chi connectivity index (χ0n) is 15.5. The van der Waals surface area contributed by atoms with Crippen molar-refractivity contribution in [3.63, 3.8) is 0 Å². The quantitative estimate of drug-likeness (QED) is 0.502. The number of nitrogens with one attached hydrogen (secondary N) is 1. The van der Waals surface area contributed by atoms with Gasteiger partial charge in [0.1, 0.15) is 5.75 Å². The maximum absolute atomic E-state index is 12.8. The van der Waals surface area contributed by atoms with E-state index in [-0.39, 0.29) is 29.6 Å². The highest BCUT2D eigenvalue weighted by atomic mass is 16.5. The SMILES string of the molecule is CC(=O)c1ccc(OC(=O)C2(CC(=O)NC(C)(C)C)CCCC2)cc1. The number of ether oxygens (including phenoxy) is 1. The lowest BCUT2D eigenvalue weighted by atomic mass is 9.82. The van der Waals surface area contributed by atoms with E-state index in [4.69, 9.17) is 4.74 Å². The number of benzene rings is 1. The Morgan fingerprint density at radius 1 is 1.08 bits per heavy atom. The maximum Gasteiger partial charge on any atom is 0.317 e. The van der Waals surface area contributed by atoms with Gasteiger partial charge in [0, 0.05) is 17.5 Å². The zero-order valence-corrected chi connectivity index (χ0v) is 15.5. The lowest BCUT2D eigenvalue weighted by molar-refractivity contribution is -0.149. The normalized spacial score (nSPS) is 16.3. The summed E-state index contributed by atoms with van der Waals surface area (Å²) in [5.74, 6) is -0.121. The first kappa shape index (κ1) is 19.2. The van der Waals surface area contributed by atoms with Gasteiger partial charge in [-0.05, 0) is 64.8 Å². The summed E-state index contributed by atoms with van der Waals surface area (Å²) in [5.41, 5.74) is -0.516. The van der Waals surface area contributed by atoms with E-state index in [9.17, 15) is 14.4 Å². The van der Waals surface area contributed by atoms with Gasteiger partial charge in [0.2, 0.25) is 5.91 Å². The smallest absolute Gasteiger partial charge is 0.317 e. The molecule has 0 saturated heterocycles. The minimum Gasteiger partial charge on any atom is -0.426 e. The van der Waals surface area contributed by atoms with Gasteiger partial charge in [0.15, 0.2) is 5.78 Å². The van der Waals surface area contributed by atoms with Crippen molar-refractivity contribution in [2.45, 2.75) is 65.3 Å². The third-order valence-corrected chi connectivity index (χ3v) is 4.48. The molecule has 25 heavy (non-hydrogen) atoms. The van der Waals surface area contributed by atoms with Gasteiger partial charge in [-0.25, -0.2) is 0 Å². The molecule has 0 radical (unpaired) electrons. The number of carbonyl (C=O) groups is 3. The fraction of sp³-hybridized carbons (Fsp3) is 0.550. The Kier molecular flexibility index (Phi) is 5.65. The van der Waals surface area contributed by atoms with Crippen LogP contribution in [0, 0.1) is 5.41 Å². The minimum absolute atomic E-state index is 0.0380. The molecule has 1 saturated carbocycles. The number of amides is 1. The van der Waals surface area contributed by atoms with Crippen molar-refractivity contribution in [3.8, 4) is 5.75 Å². The molecule has 5 nitrogen and oxygen atoms in total. The van der Waals surface area contributed by atoms with Crippen LogP contribution >= 0.6 is 0 Å². The average Bonchev–Trinajstić information content (AvgIpc) is 2.95. The molecular weight excluding hydrogens is 318 g/mol. The molecule has 1 N–H and O–H groups in total. The van der Waals surface area contributed by atoms with Crippen molar-refractivity contribution in [2.75, 3.05) is 0 Å². The van der Waals surface area contributed by atoms with E-state index in [0.717, 1.165) is 12.8 Å². The van der Waals surface area contributed by atoms with Gasteiger partial charge in [0.25, 0.3) is 0 Å². The van der Waals surface area contributed by atoms with Crippen molar-refractivity contribution in [2.24, 2.45) is 5.41 Å². The molecular formula is C20H27NO4. The summed E-state index contributed by atoms with van der Waals surface area (Å²) < 4.78 is 5.54. The fourth-order valence-electron chi connectivity index (χ4n) is 3.25. The highest BCUT2D eigenvalue weighted by Crippen LogP contribution is 2.42. The van der Waals surface area contributed by atoms with E-state index >= 15 is 0 Å². The molecule has 5 heteroatoms. The largest absolute Gasteiger partial charge is 0.426 e. The molecule has 136 valence electrons. The molecule has 0 heterocycles. The van der Waals surface area contributed by atoms with Crippen molar-refractivity contribution in [1.29, 1.82) is 0 Å². The summed E-state index contributed by atoms with van der Waals surface area (Å²) in [5, 5.41) is 2.93. The Morgan fingerprint density at radius 3 is 2.12 bits per heavy atom. The van der Waals surface area contributed by atoms with E-state index in [1.807, 2.05) is 20.8 Å². The van der Waals surface area contributed by atoms with Crippen LogP contribution in [-0.2, 0) is 9.59 Å². The van der Waals surface area contributed by atoms with Gasteiger partial charge < -0.3 is 10.1 Å². The number of Topliss-reactive ketones (excluding diaryl/α,β-unsaturated/α-hetero) is 1. The molecule has 0 bridgehead atoms. The van der Waals surface area contributed by atoms with Crippen molar-refractivity contribution in [3.05, 3.63) is 29.8 Å². The standard InChI is InChI=1S/C20H27NO4/c1-14(22)15-7-9-16(10-8-15)25-18(24)20(11-5-6-12-20)13-17(23)21-19(2,3)4/h7-10H,5-6,11-13H2,1-4H3,(H,21,23). The van der Waals surface area contributed by atoms with Crippen LogP contribution in [0.4, 0.5) is 0 Å². The number of carbonyl (C=O) groups excluding carboxylic acids is 3. The zero-order chi connectivity index (χ0) is 18.7. The van der Waals surface area contributed by atoms with Crippen molar-refractivity contribution >= 4 is 17.7 Å². The van der Waals surface area contributed by atoms with Crippen LogP contribution in [0.5, 0.6) is 5.75 Å². The van der Waals surface area contributed by atoms with E-state index in [2.05, 4.69) is 5.32 Å². The first-order valence-electron chi connectivity index (χ1n) is 8.76. The van der Waals surface area contributed by atoms with Crippen molar-refractivity contribution in [1.82, 2.24) is 5.32 Å². The lowest BCUT2D eigenvalue weighted by Gasteiger charge is -2.28. The van der Waals surface area contributed by atoms with E-state index in [0.29, 0.717) is 24.2 Å². The molecule has 1 fully saturated rings. The van der Waals surface area contributed by atoms with E-state index in [1.54, 1.807) is 24.3 Å². The average molecular weight is 345 g/mol. The third kappa shape index (κ3) is 5.15. The molecule has 1 amide bonds. The summed E-state index contributed by atoms with van der Waals surface area (Å²) in [6.45, 7) is 7.24. The van der Waals surface area contributed by atoms with Gasteiger partial charge >= 0.3 is 5.97 Å². The molecule has 2 rings (SSSR count). The number of ketones is 1. The summed E-state index contributed by atoms with van der Waals surface area (Å²) in [6.07, 6.45) is 3.31. The van der Waals surface area contributed by atoms with Gasteiger partial charge in [-0.1, -0.05) is 12.8 Å². The Balaban J connectivity index is 2.09. The first-order valence-corrected chi connectivity index (χ1v) is 8.76. The van der Waals surface area contributed by atoms with Crippen LogP contribution in [-0.4, -0.2) is 23.2 Å². The minimum atomic E-state index is -0.755. The highest BCUT2D eigenvalue weighted by Gasteiger charge is 2.44. The highest BCUT2D eigenvalue weighted by molar-refractivity contribution is 5.94. The molecule has 0 spiro atoms. The third-order valence-electron chi connectivity index (χ3n) is 4.48. The van der Waals surface area contributed by atoms with Crippen LogP contribution < -0.4 is 10.1 Å². The Hall–Kier alpha value is -2.17. The molecule has 0 atom stereocenters. The van der Waals surface area contributed by atoms with E-state index in [1.165, 1.54) is 6.92 Å². The monoisotopic (exact) mass is 345 g/mol. The van der Waals surface area contributed by atoms with Gasteiger partial charge in [-0.15, -0.1) is 0 Å². The summed E-state index contributed by atoms with van der Waals surface area (Å²) in [7, 11) is 0. The summed E-state index contributed by atoms with van der Waals surface area (Å²) in [6, 6.07) is 6.51. The molecule has 1 aromatic carbocycles. The number of esters is 1. The fourth-order valence-corrected chi connectivity index (χ4v) is 3.25. The number of rotatable bonds is 5. The first-order chi connectivity index (χ1) is 11.6. The van der Waals surface area contributed by atoms with Crippen LogP contribution in [0.3, 0.4) is 0 Å². The predicted molar refractivity (Wildman–Crippen MR) is 95.5 cm³/mol. The van der Waals surface area contributed by atoms with E-state index < -0.39 is 5.41 Å². The molecule has 0 aliphatic heterocycles. The van der Waals surface area contributed by atoms with Gasteiger partial charge in [-0.3, -0.25) is 14.4 Å². The Labute approximate surface area is 149 Å². The lowest BCUT2D eigenvalue weighted by Crippen LogP contribution is -2.45. The van der Waals surface area contributed by atoms with Crippen LogP contribution in [0.15, 0.2) is 24.3 Å². The Bertz CT molecular complexity index is 649. The molecule has 1 aliphatic carbocycles. The molecule has 0 aromatic heterocycles. The Morgan fingerprint density at radius 2 is 1.64 bits per heavy atom. The summed E-state index contributed by atoms with van der Waals surface area (Å²) >= 11 is 0. The maximum atomic E-state index is 12.8. The second-order valence-corrected chi connectivity index (χ2v) is 7.93. The summed E-state index contributed by atoms with van der Waals surface area (Å²) in [4.78, 5) is 36.4. The van der Waals surface area contributed by atoms with Crippen molar-refractivity contribution < 1.29 is 19.1 Å². The molecule has 1 aromatic rings. The molecule has 1 aliphatic rings.